The van der Waals surface area contributed by atoms with Crippen LogP contribution < -0.4 is 5.32 Å². The molecule has 4 rings (SSSR count). The van der Waals surface area contributed by atoms with Crippen LogP contribution in [0.1, 0.15) is 5.56 Å². The van der Waals surface area contributed by atoms with E-state index in [0.717, 1.165) is 34.7 Å². The molecule has 0 aliphatic heterocycles. The highest BCUT2D eigenvalue weighted by molar-refractivity contribution is 5.65. The van der Waals surface area contributed by atoms with Gasteiger partial charge in [0.25, 0.3) is 0 Å². The molecule has 0 saturated carbocycles. The number of rotatable bonds is 5. The molecular formula is C21H18N4O. The van der Waals surface area contributed by atoms with Gasteiger partial charge in [0.2, 0.25) is 0 Å². The lowest BCUT2D eigenvalue weighted by atomic mass is 10.1. The Kier molecular flexibility index (Phi) is 4.35. The number of nitrogens with zero attached hydrogens (tertiary/aromatic N) is 3. The minimum atomic E-state index is 0.278. The Bertz CT molecular complexity index is 977. The molecule has 4 aromatic rings. The zero-order chi connectivity index (χ0) is 17.8. The molecule has 0 aliphatic rings. The zero-order valence-electron chi connectivity index (χ0n) is 14.1. The van der Waals surface area contributed by atoms with Gasteiger partial charge in [-0.15, -0.1) is 0 Å². The molecule has 0 bridgehead atoms. The number of aromatic hydroxyl groups is 1. The molecule has 2 N–H and O–H groups in total. The smallest absolute Gasteiger partial charge is 0.115 e. The number of pyridine rings is 1. The monoisotopic (exact) mass is 342 g/mol. The molecule has 2 aromatic carbocycles. The van der Waals surface area contributed by atoms with Crippen molar-refractivity contribution in [2.24, 2.45) is 0 Å². The Morgan fingerprint density at radius 3 is 2.27 bits per heavy atom. The molecule has 0 unspecified atom stereocenters. The quantitative estimate of drug-likeness (QED) is 0.563. The van der Waals surface area contributed by atoms with Gasteiger partial charge in [-0.3, -0.25) is 4.98 Å². The van der Waals surface area contributed by atoms with Gasteiger partial charge in [-0.2, -0.15) is 0 Å². The summed E-state index contributed by atoms with van der Waals surface area (Å²) in [5, 5.41) is 12.7. The van der Waals surface area contributed by atoms with Crippen molar-refractivity contribution in [2.75, 3.05) is 5.32 Å². The van der Waals surface area contributed by atoms with Crippen molar-refractivity contribution in [1.82, 2.24) is 14.5 Å². The third kappa shape index (κ3) is 3.72. The number of nitrogens with one attached hydrogen (secondary N) is 1. The maximum atomic E-state index is 9.36. The molecule has 0 fully saturated rings. The fraction of sp³-hybridized carbons (Fsp3) is 0.0476. The summed E-state index contributed by atoms with van der Waals surface area (Å²) in [5.41, 5.74) is 5.13. The van der Waals surface area contributed by atoms with Crippen molar-refractivity contribution in [3.63, 3.8) is 0 Å². The van der Waals surface area contributed by atoms with E-state index in [1.165, 1.54) is 0 Å². The van der Waals surface area contributed by atoms with Crippen LogP contribution in [0.2, 0.25) is 0 Å². The summed E-state index contributed by atoms with van der Waals surface area (Å²) in [6.45, 7) is 0.717. The average Bonchev–Trinajstić information content (AvgIpc) is 3.14. The van der Waals surface area contributed by atoms with E-state index >= 15 is 0 Å². The predicted molar refractivity (Wildman–Crippen MR) is 102 cm³/mol. The van der Waals surface area contributed by atoms with E-state index in [4.69, 9.17) is 0 Å². The van der Waals surface area contributed by atoms with Gasteiger partial charge in [0.1, 0.15) is 5.75 Å². The molecule has 5 nitrogen and oxygen atoms in total. The number of imidazole rings is 1. The first-order valence-corrected chi connectivity index (χ1v) is 8.33. The van der Waals surface area contributed by atoms with Gasteiger partial charge in [-0.25, -0.2) is 4.98 Å². The van der Waals surface area contributed by atoms with Crippen LogP contribution in [0, 0.1) is 0 Å². The normalized spacial score (nSPS) is 10.6. The Morgan fingerprint density at radius 1 is 0.846 bits per heavy atom. The van der Waals surface area contributed by atoms with E-state index in [1.54, 1.807) is 24.5 Å². The molecule has 2 heterocycles. The summed E-state index contributed by atoms with van der Waals surface area (Å²) in [6, 6.07) is 19.3. The predicted octanol–water partition coefficient (Wildman–Crippen LogP) is 4.44. The number of phenolic OH excluding ortho intramolecular Hbond substituents is 1. The summed E-state index contributed by atoms with van der Waals surface area (Å²) in [6.07, 6.45) is 7.37. The second-order valence-corrected chi connectivity index (χ2v) is 6.04. The molecule has 0 saturated heterocycles. The van der Waals surface area contributed by atoms with E-state index in [9.17, 15) is 5.11 Å². The number of aromatic nitrogens is 3. The summed E-state index contributed by atoms with van der Waals surface area (Å²) in [4.78, 5) is 8.51. The number of hydrogen-bond donors (Lipinski definition) is 2. The first-order valence-electron chi connectivity index (χ1n) is 8.33. The van der Waals surface area contributed by atoms with Crippen molar-refractivity contribution >= 4 is 11.4 Å². The highest BCUT2D eigenvalue weighted by Gasteiger charge is 2.04. The number of anilines is 2. The third-order valence-electron chi connectivity index (χ3n) is 4.08. The molecule has 128 valence electrons. The van der Waals surface area contributed by atoms with Gasteiger partial charge in [0.05, 0.1) is 12.0 Å². The maximum absolute atomic E-state index is 9.36. The largest absolute Gasteiger partial charge is 0.508 e. The van der Waals surface area contributed by atoms with Crippen molar-refractivity contribution in [3.8, 4) is 17.0 Å². The van der Waals surface area contributed by atoms with Crippen molar-refractivity contribution in [1.29, 1.82) is 0 Å². The highest BCUT2D eigenvalue weighted by Crippen LogP contribution is 2.22. The summed E-state index contributed by atoms with van der Waals surface area (Å²) in [5.74, 6) is 0.278. The van der Waals surface area contributed by atoms with Crippen LogP contribution in [-0.2, 0) is 6.54 Å². The number of hydrogen-bond acceptors (Lipinski definition) is 4. The van der Waals surface area contributed by atoms with E-state index < -0.39 is 0 Å². The molecule has 0 spiro atoms. The van der Waals surface area contributed by atoms with Crippen LogP contribution in [0.4, 0.5) is 11.4 Å². The first-order chi connectivity index (χ1) is 12.8. The van der Waals surface area contributed by atoms with Crippen LogP contribution >= 0.6 is 0 Å². The van der Waals surface area contributed by atoms with E-state index in [-0.39, 0.29) is 5.75 Å². The fourth-order valence-electron chi connectivity index (χ4n) is 2.73. The lowest BCUT2D eigenvalue weighted by Gasteiger charge is -2.06. The minimum absolute atomic E-state index is 0.278. The van der Waals surface area contributed by atoms with Crippen LogP contribution in [0.5, 0.6) is 5.75 Å². The van der Waals surface area contributed by atoms with Crippen LogP contribution in [0.15, 0.2) is 85.6 Å². The Hall–Kier alpha value is -3.60. The minimum Gasteiger partial charge on any atom is -0.508 e. The lowest BCUT2D eigenvalue weighted by molar-refractivity contribution is 0.475. The Labute approximate surface area is 151 Å². The van der Waals surface area contributed by atoms with Crippen molar-refractivity contribution in [3.05, 3.63) is 91.1 Å². The second-order valence-electron chi connectivity index (χ2n) is 6.04. The molecule has 2 aromatic heterocycles. The summed E-state index contributed by atoms with van der Waals surface area (Å²) in [7, 11) is 0. The lowest BCUT2D eigenvalue weighted by Crippen LogP contribution is -1.95. The van der Waals surface area contributed by atoms with Gasteiger partial charge in [-0.1, -0.05) is 24.3 Å². The van der Waals surface area contributed by atoms with Crippen LogP contribution in [-0.4, -0.2) is 19.6 Å². The first kappa shape index (κ1) is 15.9. The number of phenols is 1. The molecule has 0 amide bonds. The highest BCUT2D eigenvalue weighted by atomic mass is 16.3. The molecule has 26 heavy (non-hydrogen) atoms. The zero-order valence-corrected chi connectivity index (χ0v) is 14.1. The van der Waals surface area contributed by atoms with Crippen molar-refractivity contribution < 1.29 is 5.11 Å². The number of benzene rings is 2. The Morgan fingerprint density at radius 2 is 1.54 bits per heavy atom. The molecule has 0 radical (unpaired) electrons. The third-order valence-corrected chi connectivity index (χ3v) is 4.08. The van der Waals surface area contributed by atoms with E-state index in [1.807, 2.05) is 53.5 Å². The molecule has 0 aliphatic carbocycles. The van der Waals surface area contributed by atoms with Gasteiger partial charge in [0.15, 0.2) is 0 Å². The van der Waals surface area contributed by atoms with Gasteiger partial charge < -0.3 is 15.0 Å². The van der Waals surface area contributed by atoms with E-state index in [2.05, 4.69) is 27.4 Å². The summed E-state index contributed by atoms with van der Waals surface area (Å²) >= 11 is 0. The van der Waals surface area contributed by atoms with Crippen LogP contribution in [0.3, 0.4) is 0 Å². The fourth-order valence-corrected chi connectivity index (χ4v) is 2.73. The Balaban J connectivity index is 1.46. The molecule has 0 atom stereocenters. The average molecular weight is 342 g/mol. The SMILES string of the molecule is Oc1ccc(Cn2cnc(-c3ccc(Nc4ccncc4)cc3)c2)cc1. The molecular weight excluding hydrogens is 324 g/mol. The van der Waals surface area contributed by atoms with Gasteiger partial charge >= 0.3 is 0 Å². The summed E-state index contributed by atoms with van der Waals surface area (Å²) < 4.78 is 2.03. The van der Waals surface area contributed by atoms with E-state index in [0.29, 0.717) is 0 Å². The maximum Gasteiger partial charge on any atom is 0.115 e. The van der Waals surface area contributed by atoms with Crippen LogP contribution in [0.25, 0.3) is 11.3 Å². The van der Waals surface area contributed by atoms with Crippen molar-refractivity contribution in [2.45, 2.75) is 6.54 Å². The second kappa shape index (κ2) is 7.11. The topological polar surface area (TPSA) is 63.0 Å². The van der Waals surface area contributed by atoms with Gasteiger partial charge in [-0.05, 0) is 42.0 Å². The standard InChI is InChI=1S/C21H18N4O/c26-20-7-1-16(2-8-20)13-25-14-21(23-15-25)17-3-5-18(6-4-17)24-19-9-11-22-12-10-19/h1-12,14-15,26H,13H2,(H,22,24). The van der Waals surface area contributed by atoms with Gasteiger partial charge in [0, 0.05) is 42.1 Å². The molecule has 5 heteroatoms.